The fourth-order valence-corrected chi connectivity index (χ4v) is 4.75. The van der Waals surface area contributed by atoms with Crippen molar-refractivity contribution in [2.24, 2.45) is 0 Å². The third-order valence-electron chi connectivity index (χ3n) is 5.52. The van der Waals surface area contributed by atoms with Crippen LogP contribution >= 0.6 is 23.4 Å². The number of thioether (sulfide) groups is 1. The van der Waals surface area contributed by atoms with Crippen LogP contribution in [-0.4, -0.2) is 33.8 Å². The highest BCUT2D eigenvalue weighted by atomic mass is 35.5. The zero-order valence-electron chi connectivity index (χ0n) is 16.9. The zero-order valence-corrected chi connectivity index (χ0v) is 18.4. The number of H-pyrrole nitrogens is 1. The van der Waals surface area contributed by atoms with E-state index in [1.807, 2.05) is 12.1 Å². The first-order valence-electron chi connectivity index (χ1n) is 10.2. The van der Waals surface area contributed by atoms with Gasteiger partial charge in [-0.1, -0.05) is 66.9 Å². The Morgan fingerprint density at radius 2 is 1.93 bits per heavy atom. The van der Waals surface area contributed by atoms with Gasteiger partial charge in [-0.2, -0.15) is 0 Å². The molecule has 1 aliphatic rings. The second-order valence-corrected chi connectivity index (χ2v) is 8.86. The molecule has 5 nitrogen and oxygen atoms in total. The molecule has 2 aromatic carbocycles. The van der Waals surface area contributed by atoms with Gasteiger partial charge >= 0.3 is 0 Å². The highest BCUT2D eigenvalue weighted by Crippen LogP contribution is 2.33. The van der Waals surface area contributed by atoms with Crippen LogP contribution in [0.1, 0.15) is 53.9 Å². The van der Waals surface area contributed by atoms with Gasteiger partial charge in [0, 0.05) is 10.6 Å². The molecule has 0 saturated heterocycles. The lowest BCUT2D eigenvalue weighted by molar-refractivity contribution is 0.102. The summed E-state index contributed by atoms with van der Waals surface area (Å²) in [4.78, 5) is 17.1. The Morgan fingerprint density at radius 3 is 2.67 bits per heavy atom. The van der Waals surface area contributed by atoms with Crippen LogP contribution < -0.4 is 4.74 Å². The number of ketones is 1. The lowest BCUT2D eigenvalue weighted by Gasteiger charge is -2.22. The van der Waals surface area contributed by atoms with Crippen LogP contribution in [0, 0.1) is 0 Å². The number of aromatic amines is 1. The SMILES string of the molecule is COc1ccc(Cl)cc1-c1nc(SCC(=O)c2ccc(C3CCCCC3)cc2)n[nH]1. The number of benzene rings is 2. The van der Waals surface area contributed by atoms with Gasteiger partial charge in [0.2, 0.25) is 5.16 Å². The molecule has 30 heavy (non-hydrogen) atoms. The normalized spacial score (nSPS) is 14.6. The maximum absolute atomic E-state index is 12.6. The molecule has 0 amide bonds. The van der Waals surface area contributed by atoms with Gasteiger partial charge in [-0.15, -0.1) is 5.10 Å². The summed E-state index contributed by atoms with van der Waals surface area (Å²) in [5, 5.41) is 8.21. The predicted octanol–water partition coefficient (Wildman–Crippen LogP) is 6.16. The lowest BCUT2D eigenvalue weighted by atomic mass is 9.84. The number of methoxy groups -OCH3 is 1. The predicted molar refractivity (Wildman–Crippen MR) is 121 cm³/mol. The van der Waals surface area contributed by atoms with Crippen LogP contribution in [0.3, 0.4) is 0 Å². The number of halogens is 1. The summed E-state index contributed by atoms with van der Waals surface area (Å²) in [6, 6.07) is 13.4. The molecule has 1 aromatic heterocycles. The summed E-state index contributed by atoms with van der Waals surface area (Å²) in [6.07, 6.45) is 6.47. The summed E-state index contributed by atoms with van der Waals surface area (Å²) in [5.74, 6) is 2.21. The maximum Gasteiger partial charge on any atom is 0.209 e. The van der Waals surface area contributed by atoms with Crippen molar-refractivity contribution in [3.05, 3.63) is 58.6 Å². The van der Waals surface area contributed by atoms with E-state index in [9.17, 15) is 4.79 Å². The number of nitrogens with one attached hydrogen (secondary N) is 1. The molecule has 4 rings (SSSR count). The summed E-state index contributed by atoms with van der Waals surface area (Å²) in [5.41, 5.74) is 2.82. The average molecular weight is 442 g/mol. The Labute approximate surface area is 185 Å². The van der Waals surface area contributed by atoms with Crippen molar-refractivity contribution < 1.29 is 9.53 Å². The van der Waals surface area contributed by atoms with E-state index in [0.717, 1.165) is 11.1 Å². The molecule has 0 aliphatic heterocycles. The van der Waals surface area contributed by atoms with Crippen LogP contribution in [0.5, 0.6) is 5.75 Å². The standard InChI is InChI=1S/C23H24ClN3O2S/c1-29-21-12-11-18(24)13-19(21)22-25-23(27-26-22)30-14-20(28)17-9-7-16(8-10-17)15-5-3-2-4-6-15/h7-13,15H,2-6,14H2,1H3,(H,25,26,27). The van der Waals surface area contributed by atoms with Gasteiger partial charge in [0.15, 0.2) is 11.6 Å². The molecule has 3 aromatic rings. The highest BCUT2D eigenvalue weighted by molar-refractivity contribution is 7.99. The molecule has 0 unspecified atom stereocenters. The Balaban J connectivity index is 1.38. The van der Waals surface area contributed by atoms with Gasteiger partial charge in [-0.3, -0.25) is 9.89 Å². The lowest BCUT2D eigenvalue weighted by Crippen LogP contribution is -2.06. The van der Waals surface area contributed by atoms with Crippen LogP contribution in [-0.2, 0) is 0 Å². The van der Waals surface area contributed by atoms with Gasteiger partial charge in [0.05, 0.1) is 18.4 Å². The molecular formula is C23H24ClN3O2S. The van der Waals surface area contributed by atoms with Gasteiger partial charge in [-0.25, -0.2) is 4.98 Å². The minimum absolute atomic E-state index is 0.0712. The molecule has 7 heteroatoms. The Morgan fingerprint density at radius 1 is 1.17 bits per heavy atom. The molecule has 1 saturated carbocycles. The summed E-state index contributed by atoms with van der Waals surface area (Å²) in [7, 11) is 1.59. The highest BCUT2D eigenvalue weighted by Gasteiger charge is 2.17. The number of carbonyl (C=O) groups is 1. The molecule has 1 fully saturated rings. The van der Waals surface area contributed by atoms with Crippen molar-refractivity contribution in [3.8, 4) is 17.1 Å². The van der Waals surface area contributed by atoms with Gasteiger partial charge in [0.1, 0.15) is 5.75 Å². The first-order chi connectivity index (χ1) is 14.6. The molecule has 1 heterocycles. The third-order valence-corrected chi connectivity index (χ3v) is 6.61. The average Bonchev–Trinajstić information content (AvgIpc) is 3.27. The van der Waals surface area contributed by atoms with E-state index in [4.69, 9.17) is 16.3 Å². The zero-order chi connectivity index (χ0) is 20.9. The van der Waals surface area contributed by atoms with Crippen molar-refractivity contribution in [2.45, 2.75) is 43.2 Å². The van der Waals surface area contributed by atoms with Gasteiger partial charge < -0.3 is 4.74 Å². The molecular weight excluding hydrogens is 418 g/mol. The largest absolute Gasteiger partial charge is 0.496 e. The van der Waals surface area contributed by atoms with Crippen molar-refractivity contribution in [2.75, 3.05) is 12.9 Å². The summed E-state index contributed by atoms with van der Waals surface area (Å²) in [6.45, 7) is 0. The molecule has 1 aliphatic carbocycles. The Kier molecular flexibility index (Phi) is 6.75. The van der Waals surface area contributed by atoms with Crippen molar-refractivity contribution in [1.82, 2.24) is 15.2 Å². The number of aromatic nitrogens is 3. The van der Waals surface area contributed by atoms with E-state index in [1.165, 1.54) is 49.4 Å². The first-order valence-corrected chi connectivity index (χ1v) is 11.5. The third kappa shape index (κ3) is 4.87. The Hall–Kier alpha value is -2.31. The number of nitrogens with zero attached hydrogens (tertiary/aromatic N) is 2. The monoisotopic (exact) mass is 441 g/mol. The molecule has 0 radical (unpaired) electrons. The van der Waals surface area contributed by atoms with Crippen LogP contribution in [0.15, 0.2) is 47.6 Å². The van der Waals surface area contributed by atoms with Crippen LogP contribution in [0.2, 0.25) is 5.02 Å². The minimum atomic E-state index is 0.0712. The fourth-order valence-electron chi connectivity index (χ4n) is 3.89. The van der Waals surface area contributed by atoms with Crippen molar-refractivity contribution >= 4 is 29.1 Å². The van der Waals surface area contributed by atoms with E-state index in [2.05, 4.69) is 27.3 Å². The fraction of sp³-hybridized carbons (Fsp3) is 0.348. The van der Waals surface area contributed by atoms with Crippen molar-refractivity contribution in [3.63, 3.8) is 0 Å². The van der Waals surface area contributed by atoms with Gasteiger partial charge in [0.25, 0.3) is 0 Å². The molecule has 0 bridgehead atoms. The molecule has 156 valence electrons. The molecule has 0 atom stereocenters. The maximum atomic E-state index is 12.6. The van der Waals surface area contributed by atoms with Crippen LogP contribution in [0.25, 0.3) is 11.4 Å². The van der Waals surface area contributed by atoms with E-state index in [0.29, 0.717) is 27.7 Å². The summed E-state index contributed by atoms with van der Waals surface area (Å²) < 4.78 is 5.37. The summed E-state index contributed by atoms with van der Waals surface area (Å²) >= 11 is 7.41. The van der Waals surface area contributed by atoms with Crippen molar-refractivity contribution in [1.29, 1.82) is 0 Å². The topological polar surface area (TPSA) is 67.9 Å². The van der Waals surface area contributed by atoms with Crippen LogP contribution in [0.4, 0.5) is 0 Å². The number of hydrogen-bond donors (Lipinski definition) is 1. The number of rotatable bonds is 7. The van der Waals surface area contributed by atoms with E-state index >= 15 is 0 Å². The molecule has 0 spiro atoms. The number of carbonyl (C=O) groups excluding carboxylic acids is 1. The quantitative estimate of drug-likeness (QED) is 0.351. The second kappa shape index (κ2) is 9.67. The molecule has 1 N–H and O–H groups in total. The second-order valence-electron chi connectivity index (χ2n) is 7.48. The first kappa shape index (κ1) is 20.9. The minimum Gasteiger partial charge on any atom is -0.496 e. The number of Topliss-reactive ketones (excluding diaryl/α,β-unsaturated/α-hetero) is 1. The Bertz CT molecular complexity index is 1010. The van der Waals surface area contributed by atoms with Gasteiger partial charge in [-0.05, 0) is 42.5 Å². The van der Waals surface area contributed by atoms with E-state index in [-0.39, 0.29) is 11.5 Å². The smallest absolute Gasteiger partial charge is 0.209 e. The number of ether oxygens (including phenoxy) is 1. The number of hydrogen-bond acceptors (Lipinski definition) is 5. The van der Waals surface area contributed by atoms with E-state index in [1.54, 1.807) is 25.3 Å². The van der Waals surface area contributed by atoms with E-state index < -0.39 is 0 Å².